The van der Waals surface area contributed by atoms with E-state index in [0.29, 0.717) is 0 Å². The van der Waals surface area contributed by atoms with Gasteiger partial charge in [0.05, 0.1) is 5.52 Å². The first-order valence-corrected chi connectivity index (χ1v) is 10.1. The van der Waals surface area contributed by atoms with Gasteiger partial charge < -0.3 is 15.5 Å². The Bertz CT molecular complexity index is 872. The molecule has 0 radical (unpaired) electrons. The standard InChI is InChI=1S/C22H30N4O2/c1-5-15(3)23-22(28)17-8-10-26(11-9-17)21-12-14(2)19-13-18(24-16(4)27)6-7-20(19)25-21/h6-7,12-13,15,17H,5,8-11H2,1-4H3,(H,23,28)(H,24,27)/t15-/m1/s1. The summed E-state index contributed by atoms with van der Waals surface area (Å²) in [5.74, 6) is 1.15. The van der Waals surface area contributed by atoms with Crippen LogP contribution in [-0.4, -0.2) is 35.9 Å². The molecule has 1 atom stereocenters. The summed E-state index contributed by atoms with van der Waals surface area (Å²) in [5.41, 5.74) is 2.83. The summed E-state index contributed by atoms with van der Waals surface area (Å²) >= 11 is 0. The Balaban J connectivity index is 1.71. The minimum absolute atomic E-state index is 0.0816. The number of hydrogen-bond donors (Lipinski definition) is 2. The number of aromatic nitrogens is 1. The zero-order chi connectivity index (χ0) is 20.3. The van der Waals surface area contributed by atoms with Gasteiger partial charge in [-0.05, 0) is 62.9 Å². The van der Waals surface area contributed by atoms with E-state index < -0.39 is 0 Å². The third-order valence-corrected chi connectivity index (χ3v) is 5.51. The number of carbonyl (C=O) groups excluding carboxylic acids is 2. The topological polar surface area (TPSA) is 74.3 Å². The lowest BCUT2D eigenvalue weighted by atomic mass is 9.95. The molecule has 3 rings (SSSR count). The van der Waals surface area contributed by atoms with Crippen LogP contribution in [0.15, 0.2) is 24.3 Å². The van der Waals surface area contributed by atoms with Crippen LogP contribution in [0.4, 0.5) is 11.5 Å². The van der Waals surface area contributed by atoms with Crippen molar-refractivity contribution in [3.8, 4) is 0 Å². The van der Waals surface area contributed by atoms with Crippen molar-refractivity contribution in [1.82, 2.24) is 10.3 Å². The molecule has 1 aromatic heterocycles. The molecule has 1 fully saturated rings. The van der Waals surface area contributed by atoms with Crippen molar-refractivity contribution >= 4 is 34.2 Å². The van der Waals surface area contributed by atoms with Crippen molar-refractivity contribution in [2.24, 2.45) is 5.92 Å². The summed E-state index contributed by atoms with van der Waals surface area (Å²) in [4.78, 5) is 30.7. The molecule has 2 N–H and O–H groups in total. The number of anilines is 2. The normalized spacial score (nSPS) is 16.1. The fraction of sp³-hybridized carbons (Fsp3) is 0.500. The van der Waals surface area contributed by atoms with Gasteiger partial charge in [-0.3, -0.25) is 9.59 Å². The van der Waals surface area contributed by atoms with Crippen molar-refractivity contribution in [2.75, 3.05) is 23.3 Å². The number of hydrogen-bond acceptors (Lipinski definition) is 4. The average Bonchev–Trinajstić information content (AvgIpc) is 2.67. The molecule has 1 aromatic carbocycles. The Kier molecular flexibility index (Phi) is 6.17. The Morgan fingerprint density at radius 1 is 1.25 bits per heavy atom. The molecule has 1 aliphatic heterocycles. The lowest BCUT2D eigenvalue weighted by Crippen LogP contribution is -2.43. The number of fused-ring (bicyclic) bond motifs is 1. The van der Waals surface area contributed by atoms with Gasteiger partial charge >= 0.3 is 0 Å². The minimum Gasteiger partial charge on any atom is -0.357 e. The lowest BCUT2D eigenvalue weighted by molar-refractivity contribution is -0.126. The zero-order valence-electron chi connectivity index (χ0n) is 17.2. The van der Waals surface area contributed by atoms with Crippen molar-refractivity contribution < 1.29 is 9.59 Å². The number of pyridine rings is 1. The van der Waals surface area contributed by atoms with Gasteiger partial charge in [-0.1, -0.05) is 6.92 Å². The molecule has 0 bridgehead atoms. The van der Waals surface area contributed by atoms with Crippen LogP contribution in [0.2, 0.25) is 0 Å². The molecule has 0 unspecified atom stereocenters. The summed E-state index contributed by atoms with van der Waals surface area (Å²) in [6.45, 7) is 9.37. The number of nitrogens with zero attached hydrogens (tertiary/aromatic N) is 2. The van der Waals surface area contributed by atoms with Gasteiger partial charge in [-0.2, -0.15) is 0 Å². The predicted molar refractivity (Wildman–Crippen MR) is 114 cm³/mol. The van der Waals surface area contributed by atoms with Crippen LogP contribution in [0, 0.1) is 12.8 Å². The molecule has 6 nitrogen and oxygen atoms in total. The van der Waals surface area contributed by atoms with Gasteiger partial charge in [0.25, 0.3) is 0 Å². The molecular weight excluding hydrogens is 352 g/mol. The van der Waals surface area contributed by atoms with Gasteiger partial charge in [-0.25, -0.2) is 4.98 Å². The molecule has 150 valence electrons. The lowest BCUT2D eigenvalue weighted by Gasteiger charge is -2.33. The molecule has 0 saturated carbocycles. The highest BCUT2D eigenvalue weighted by molar-refractivity contribution is 5.93. The van der Waals surface area contributed by atoms with E-state index in [1.165, 1.54) is 6.92 Å². The van der Waals surface area contributed by atoms with Crippen molar-refractivity contribution in [3.05, 3.63) is 29.8 Å². The van der Waals surface area contributed by atoms with Crippen LogP contribution in [-0.2, 0) is 9.59 Å². The molecule has 2 heterocycles. The second-order valence-corrected chi connectivity index (χ2v) is 7.79. The van der Waals surface area contributed by atoms with Gasteiger partial charge in [0.2, 0.25) is 11.8 Å². The second-order valence-electron chi connectivity index (χ2n) is 7.79. The van der Waals surface area contributed by atoms with Crippen LogP contribution in [0.5, 0.6) is 0 Å². The van der Waals surface area contributed by atoms with Crippen LogP contribution < -0.4 is 15.5 Å². The third kappa shape index (κ3) is 4.61. The van der Waals surface area contributed by atoms with E-state index in [1.807, 2.05) is 25.1 Å². The molecular formula is C22H30N4O2. The average molecular weight is 383 g/mol. The quantitative estimate of drug-likeness (QED) is 0.828. The number of benzene rings is 1. The fourth-order valence-electron chi connectivity index (χ4n) is 3.65. The first-order chi connectivity index (χ1) is 13.4. The summed E-state index contributed by atoms with van der Waals surface area (Å²) < 4.78 is 0. The third-order valence-electron chi connectivity index (χ3n) is 5.51. The second kappa shape index (κ2) is 8.59. The Hall–Kier alpha value is -2.63. The molecule has 2 amide bonds. The van der Waals surface area contributed by atoms with Gasteiger partial charge in [0.15, 0.2) is 0 Å². The molecule has 1 saturated heterocycles. The van der Waals surface area contributed by atoms with Crippen molar-refractivity contribution in [1.29, 1.82) is 0 Å². The monoisotopic (exact) mass is 382 g/mol. The largest absolute Gasteiger partial charge is 0.357 e. The maximum atomic E-state index is 12.4. The molecule has 0 aliphatic carbocycles. The maximum Gasteiger partial charge on any atom is 0.223 e. The first-order valence-electron chi connectivity index (χ1n) is 10.1. The van der Waals surface area contributed by atoms with E-state index >= 15 is 0 Å². The van der Waals surface area contributed by atoms with E-state index in [4.69, 9.17) is 4.98 Å². The fourth-order valence-corrected chi connectivity index (χ4v) is 3.65. The molecule has 0 spiro atoms. The highest BCUT2D eigenvalue weighted by Gasteiger charge is 2.26. The zero-order valence-corrected chi connectivity index (χ0v) is 17.2. The van der Waals surface area contributed by atoms with Gasteiger partial charge in [0.1, 0.15) is 5.82 Å². The molecule has 6 heteroatoms. The van der Waals surface area contributed by atoms with E-state index in [1.54, 1.807) is 0 Å². The van der Waals surface area contributed by atoms with Crippen LogP contribution in [0.1, 0.15) is 45.6 Å². The van der Waals surface area contributed by atoms with E-state index in [0.717, 1.165) is 60.3 Å². The molecule has 28 heavy (non-hydrogen) atoms. The number of rotatable bonds is 5. The van der Waals surface area contributed by atoms with Crippen LogP contribution >= 0.6 is 0 Å². The SMILES string of the molecule is CC[C@@H](C)NC(=O)C1CCN(c2cc(C)c3cc(NC(C)=O)ccc3n2)CC1. The van der Waals surface area contributed by atoms with Crippen LogP contribution in [0.25, 0.3) is 10.9 Å². The number of piperidine rings is 1. The van der Waals surface area contributed by atoms with E-state index in [-0.39, 0.29) is 23.8 Å². The van der Waals surface area contributed by atoms with Gasteiger partial charge in [0, 0.05) is 43.0 Å². The summed E-state index contributed by atoms with van der Waals surface area (Å²) in [7, 11) is 0. The van der Waals surface area contributed by atoms with Crippen molar-refractivity contribution in [2.45, 2.75) is 53.0 Å². The number of amides is 2. The predicted octanol–water partition coefficient (Wildman–Crippen LogP) is 3.63. The highest BCUT2D eigenvalue weighted by Crippen LogP contribution is 2.28. The highest BCUT2D eigenvalue weighted by atomic mass is 16.2. The van der Waals surface area contributed by atoms with Crippen molar-refractivity contribution in [3.63, 3.8) is 0 Å². The number of aryl methyl sites for hydroxylation is 1. The number of nitrogens with one attached hydrogen (secondary N) is 2. The summed E-state index contributed by atoms with van der Waals surface area (Å²) in [6.07, 6.45) is 2.65. The maximum absolute atomic E-state index is 12.4. The van der Waals surface area contributed by atoms with Gasteiger partial charge in [-0.15, -0.1) is 0 Å². The molecule has 2 aromatic rings. The first kappa shape index (κ1) is 20.1. The summed E-state index contributed by atoms with van der Waals surface area (Å²) in [5, 5.41) is 6.96. The number of carbonyl (C=O) groups is 2. The van der Waals surface area contributed by atoms with E-state index in [9.17, 15) is 9.59 Å². The Morgan fingerprint density at radius 3 is 2.61 bits per heavy atom. The van der Waals surface area contributed by atoms with E-state index in [2.05, 4.69) is 35.4 Å². The molecule has 1 aliphatic rings. The summed E-state index contributed by atoms with van der Waals surface area (Å²) in [6, 6.07) is 8.13. The Labute approximate surface area is 166 Å². The van der Waals surface area contributed by atoms with Crippen LogP contribution in [0.3, 0.4) is 0 Å². The smallest absolute Gasteiger partial charge is 0.223 e. The minimum atomic E-state index is -0.0816. The Morgan fingerprint density at radius 2 is 1.96 bits per heavy atom.